The van der Waals surface area contributed by atoms with Crippen LogP contribution in [0.25, 0.3) is 0 Å². The summed E-state index contributed by atoms with van der Waals surface area (Å²) >= 11 is 0. The number of rotatable bonds is 10. The molecule has 168 valence electrons. The first-order valence-electron chi connectivity index (χ1n) is 10.8. The molecule has 5 heteroatoms. The van der Waals surface area contributed by atoms with Crippen LogP contribution in [-0.4, -0.2) is 33.2 Å². The van der Waals surface area contributed by atoms with Gasteiger partial charge in [0.25, 0.3) is 5.91 Å². The van der Waals surface area contributed by atoms with Crippen LogP contribution >= 0.6 is 0 Å². The average Bonchev–Trinajstić information content (AvgIpc) is 2.82. The minimum atomic E-state index is -0.194. The van der Waals surface area contributed by atoms with Crippen LogP contribution in [0.4, 0.5) is 5.69 Å². The van der Waals surface area contributed by atoms with E-state index in [-0.39, 0.29) is 11.3 Å². The molecule has 0 heterocycles. The second kappa shape index (κ2) is 10.8. The molecule has 3 rings (SSSR count). The van der Waals surface area contributed by atoms with Gasteiger partial charge in [-0.1, -0.05) is 56.3 Å². The van der Waals surface area contributed by atoms with Crippen molar-refractivity contribution in [3.05, 3.63) is 89.5 Å². The Balaban J connectivity index is 1.56. The monoisotopic (exact) mass is 432 g/mol. The minimum absolute atomic E-state index is 0.0252. The van der Waals surface area contributed by atoms with Gasteiger partial charge in [-0.2, -0.15) is 0 Å². The van der Waals surface area contributed by atoms with E-state index in [0.29, 0.717) is 17.1 Å². The maximum Gasteiger partial charge on any atom is 0.255 e. The number of ether oxygens (including phenoxy) is 2. The summed E-state index contributed by atoms with van der Waals surface area (Å²) in [6.07, 6.45) is 1.01. The fraction of sp³-hybridized carbons (Fsp3) is 0.296. The fourth-order valence-corrected chi connectivity index (χ4v) is 3.57. The largest absolute Gasteiger partial charge is 0.493 e. The molecule has 2 N–H and O–H groups in total. The Labute approximate surface area is 190 Å². The van der Waals surface area contributed by atoms with Crippen molar-refractivity contribution in [3.8, 4) is 11.5 Å². The van der Waals surface area contributed by atoms with Gasteiger partial charge in [-0.15, -0.1) is 0 Å². The lowest BCUT2D eigenvalue weighted by molar-refractivity contribution is 0.102. The Morgan fingerprint density at radius 3 is 2.22 bits per heavy atom. The molecule has 0 aliphatic rings. The lowest BCUT2D eigenvalue weighted by Crippen LogP contribution is -2.34. The predicted molar refractivity (Wildman–Crippen MR) is 130 cm³/mol. The molecule has 3 aromatic rings. The van der Waals surface area contributed by atoms with Gasteiger partial charge >= 0.3 is 0 Å². The fourth-order valence-electron chi connectivity index (χ4n) is 3.57. The van der Waals surface area contributed by atoms with Crippen LogP contribution < -0.4 is 20.1 Å². The molecule has 0 aromatic heterocycles. The van der Waals surface area contributed by atoms with Gasteiger partial charge in [-0.25, -0.2) is 0 Å². The van der Waals surface area contributed by atoms with Crippen LogP contribution in [-0.2, 0) is 11.8 Å². The van der Waals surface area contributed by atoms with Gasteiger partial charge in [-0.05, 0) is 54.4 Å². The van der Waals surface area contributed by atoms with Crippen molar-refractivity contribution in [1.82, 2.24) is 5.32 Å². The lowest BCUT2D eigenvalue weighted by atomic mass is 9.84. The number of hydrogen-bond acceptors (Lipinski definition) is 4. The van der Waals surface area contributed by atoms with Crippen molar-refractivity contribution in [2.75, 3.05) is 32.6 Å². The van der Waals surface area contributed by atoms with E-state index in [2.05, 4.69) is 60.9 Å². The summed E-state index contributed by atoms with van der Waals surface area (Å²) in [5.41, 5.74) is 3.79. The van der Waals surface area contributed by atoms with E-state index >= 15 is 0 Å². The minimum Gasteiger partial charge on any atom is -0.493 e. The first-order chi connectivity index (χ1) is 15.4. The van der Waals surface area contributed by atoms with E-state index in [4.69, 9.17) is 9.47 Å². The molecule has 0 saturated heterocycles. The van der Waals surface area contributed by atoms with Gasteiger partial charge in [0.2, 0.25) is 0 Å². The van der Waals surface area contributed by atoms with Crippen LogP contribution in [0, 0.1) is 0 Å². The van der Waals surface area contributed by atoms with Crippen LogP contribution in [0.3, 0.4) is 0 Å². The first-order valence-corrected chi connectivity index (χ1v) is 10.8. The summed E-state index contributed by atoms with van der Waals surface area (Å²) in [5.74, 6) is 0.922. The van der Waals surface area contributed by atoms with E-state index in [1.54, 1.807) is 32.4 Å². The average molecular weight is 433 g/mol. The van der Waals surface area contributed by atoms with Gasteiger partial charge in [0.05, 0.1) is 14.2 Å². The molecule has 0 aliphatic heterocycles. The zero-order valence-electron chi connectivity index (χ0n) is 19.3. The Hall–Kier alpha value is -3.31. The van der Waals surface area contributed by atoms with Crippen molar-refractivity contribution in [2.45, 2.75) is 25.7 Å². The van der Waals surface area contributed by atoms with Gasteiger partial charge in [0.15, 0.2) is 11.5 Å². The highest BCUT2D eigenvalue weighted by Crippen LogP contribution is 2.28. The summed E-state index contributed by atoms with van der Waals surface area (Å²) < 4.78 is 10.5. The quantitative estimate of drug-likeness (QED) is 0.439. The maximum atomic E-state index is 12.6. The van der Waals surface area contributed by atoms with E-state index in [9.17, 15) is 4.79 Å². The maximum absolute atomic E-state index is 12.6. The van der Waals surface area contributed by atoms with Crippen LogP contribution in [0.2, 0.25) is 0 Å². The van der Waals surface area contributed by atoms with Crippen molar-refractivity contribution in [2.24, 2.45) is 0 Å². The summed E-state index contributed by atoms with van der Waals surface area (Å²) in [5, 5.41) is 6.51. The Bertz CT molecular complexity index is 1010. The molecule has 0 atom stereocenters. The third kappa shape index (κ3) is 6.11. The highest BCUT2D eigenvalue weighted by Gasteiger charge is 2.20. The van der Waals surface area contributed by atoms with Crippen molar-refractivity contribution in [1.29, 1.82) is 0 Å². The number of nitrogens with one attached hydrogen (secondary N) is 2. The highest BCUT2D eigenvalue weighted by molar-refractivity contribution is 6.04. The van der Waals surface area contributed by atoms with Gasteiger partial charge < -0.3 is 20.1 Å². The molecule has 1 amide bonds. The summed E-state index contributed by atoms with van der Waals surface area (Å²) in [6.45, 7) is 6.25. The molecule has 0 fully saturated rings. The van der Waals surface area contributed by atoms with Crippen LogP contribution in [0.15, 0.2) is 72.8 Å². The third-order valence-corrected chi connectivity index (χ3v) is 5.57. The standard InChI is InChI=1S/C27H32N2O3/c1-27(2,19-28-17-16-20-8-6-5-7-9-20)22-11-13-23(14-12-22)29-26(30)21-10-15-24(31-3)25(18-21)32-4/h5-15,18,28H,16-17,19H2,1-4H3,(H,29,30). The van der Waals surface area contributed by atoms with E-state index in [1.165, 1.54) is 11.1 Å². The molecule has 0 aliphatic carbocycles. The molecular formula is C27H32N2O3. The van der Waals surface area contributed by atoms with Gasteiger partial charge in [0, 0.05) is 23.2 Å². The number of carbonyl (C=O) groups is 1. The van der Waals surface area contributed by atoms with E-state index in [1.807, 2.05) is 18.2 Å². The Morgan fingerprint density at radius 2 is 1.56 bits per heavy atom. The number of methoxy groups -OCH3 is 2. The molecule has 0 spiro atoms. The number of hydrogen-bond donors (Lipinski definition) is 2. The van der Waals surface area contributed by atoms with Crippen molar-refractivity contribution in [3.63, 3.8) is 0 Å². The molecule has 5 nitrogen and oxygen atoms in total. The van der Waals surface area contributed by atoms with Crippen molar-refractivity contribution >= 4 is 11.6 Å². The summed E-state index contributed by atoms with van der Waals surface area (Å²) in [4.78, 5) is 12.6. The van der Waals surface area contributed by atoms with Gasteiger partial charge in [0.1, 0.15) is 0 Å². The molecule has 32 heavy (non-hydrogen) atoms. The topological polar surface area (TPSA) is 59.6 Å². The summed E-state index contributed by atoms with van der Waals surface area (Å²) in [6, 6.07) is 23.6. The normalized spacial score (nSPS) is 11.1. The number of anilines is 1. The predicted octanol–water partition coefficient (Wildman–Crippen LogP) is 5.07. The zero-order chi connectivity index (χ0) is 23.0. The number of benzene rings is 3. The molecular weight excluding hydrogens is 400 g/mol. The smallest absolute Gasteiger partial charge is 0.255 e. The molecule has 0 saturated carbocycles. The first kappa shape index (κ1) is 23.4. The molecule has 0 radical (unpaired) electrons. The number of carbonyl (C=O) groups excluding carboxylic acids is 1. The molecule has 0 unspecified atom stereocenters. The van der Waals surface area contributed by atoms with Crippen LogP contribution in [0.1, 0.15) is 35.3 Å². The second-order valence-corrected chi connectivity index (χ2v) is 8.40. The van der Waals surface area contributed by atoms with Crippen LogP contribution in [0.5, 0.6) is 11.5 Å². The highest BCUT2D eigenvalue weighted by atomic mass is 16.5. The second-order valence-electron chi connectivity index (χ2n) is 8.40. The van der Waals surface area contributed by atoms with E-state index in [0.717, 1.165) is 25.2 Å². The third-order valence-electron chi connectivity index (χ3n) is 5.57. The Kier molecular flexibility index (Phi) is 7.90. The Morgan fingerprint density at radius 1 is 0.875 bits per heavy atom. The molecule has 3 aromatic carbocycles. The molecule has 0 bridgehead atoms. The van der Waals surface area contributed by atoms with Crippen molar-refractivity contribution < 1.29 is 14.3 Å². The lowest BCUT2D eigenvalue weighted by Gasteiger charge is -2.26. The SMILES string of the molecule is COc1ccc(C(=O)Nc2ccc(C(C)(C)CNCCc3ccccc3)cc2)cc1OC. The zero-order valence-corrected chi connectivity index (χ0v) is 19.3. The van der Waals surface area contributed by atoms with E-state index < -0.39 is 0 Å². The summed E-state index contributed by atoms with van der Waals surface area (Å²) in [7, 11) is 3.12. The number of amides is 1. The van der Waals surface area contributed by atoms with Gasteiger partial charge in [-0.3, -0.25) is 4.79 Å².